The van der Waals surface area contributed by atoms with Crippen LogP contribution in [0.5, 0.6) is 0 Å². The van der Waals surface area contributed by atoms with Crippen LogP contribution in [0.1, 0.15) is 17.2 Å². The van der Waals surface area contributed by atoms with Crippen molar-refractivity contribution in [3.63, 3.8) is 0 Å². The van der Waals surface area contributed by atoms with E-state index in [-0.39, 0.29) is 17.0 Å². The molecule has 1 N–H and O–H groups in total. The maximum atomic E-state index is 13.4. The summed E-state index contributed by atoms with van der Waals surface area (Å²) in [5.74, 6) is -0.994. The van der Waals surface area contributed by atoms with Gasteiger partial charge in [0, 0.05) is 12.0 Å². The Bertz CT molecular complexity index is 604. The first kappa shape index (κ1) is 14.4. The standard InChI is InChI=1S/C14H10BrClF2O/c15-13-8(3-1-5-10(13)17)7-12(19)9-4-2-6-11(18)14(9)16/h1-6,12,19H,7H2. The van der Waals surface area contributed by atoms with Crippen LogP contribution in [0.3, 0.4) is 0 Å². The van der Waals surface area contributed by atoms with Crippen molar-refractivity contribution in [2.45, 2.75) is 12.5 Å². The summed E-state index contributed by atoms with van der Waals surface area (Å²) in [6, 6.07) is 8.79. The molecule has 2 rings (SSSR count). The van der Waals surface area contributed by atoms with Crippen molar-refractivity contribution in [3.8, 4) is 0 Å². The molecular formula is C14H10BrClF2O. The SMILES string of the molecule is OC(Cc1cccc(F)c1Br)c1cccc(F)c1Cl. The minimum absolute atomic E-state index is 0.109. The fourth-order valence-corrected chi connectivity index (χ4v) is 2.48. The van der Waals surface area contributed by atoms with E-state index in [2.05, 4.69) is 15.9 Å². The zero-order valence-electron chi connectivity index (χ0n) is 9.71. The third-order valence-electron chi connectivity index (χ3n) is 2.79. The molecule has 100 valence electrons. The third kappa shape index (κ3) is 3.14. The van der Waals surface area contributed by atoms with Crippen molar-refractivity contribution in [3.05, 3.63) is 68.7 Å². The van der Waals surface area contributed by atoms with Gasteiger partial charge in [-0.05, 0) is 33.6 Å². The summed E-state index contributed by atoms with van der Waals surface area (Å²) >= 11 is 8.93. The minimum Gasteiger partial charge on any atom is -0.388 e. The predicted molar refractivity (Wildman–Crippen MR) is 74.2 cm³/mol. The van der Waals surface area contributed by atoms with E-state index in [9.17, 15) is 13.9 Å². The molecule has 1 nitrogen and oxygen atoms in total. The molecule has 0 aliphatic rings. The van der Waals surface area contributed by atoms with Gasteiger partial charge in [0.1, 0.15) is 11.6 Å². The molecule has 0 saturated heterocycles. The Hall–Kier alpha value is -0.970. The van der Waals surface area contributed by atoms with Crippen molar-refractivity contribution < 1.29 is 13.9 Å². The fraction of sp³-hybridized carbons (Fsp3) is 0.143. The van der Waals surface area contributed by atoms with E-state index in [4.69, 9.17) is 11.6 Å². The van der Waals surface area contributed by atoms with Crippen LogP contribution in [-0.4, -0.2) is 5.11 Å². The monoisotopic (exact) mass is 346 g/mol. The van der Waals surface area contributed by atoms with Crippen LogP contribution in [-0.2, 0) is 6.42 Å². The lowest BCUT2D eigenvalue weighted by atomic mass is 10.0. The lowest BCUT2D eigenvalue weighted by Crippen LogP contribution is -2.04. The molecule has 1 atom stereocenters. The van der Waals surface area contributed by atoms with Crippen LogP contribution in [0.4, 0.5) is 8.78 Å². The molecule has 0 aliphatic heterocycles. The minimum atomic E-state index is -0.999. The van der Waals surface area contributed by atoms with Gasteiger partial charge in [0.05, 0.1) is 15.6 Å². The van der Waals surface area contributed by atoms with Crippen LogP contribution < -0.4 is 0 Å². The fourth-order valence-electron chi connectivity index (χ4n) is 1.80. The summed E-state index contributed by atoms with van der Waals surface area (Å²) in [7, 11) is 0. The molecule has 0 heterocycles. The van der Waals surface area contributed by atoms with E-state index in [1.165, 1.54) is 18.2 Å². The number of rotatable bonds is 3. The van der Waals surface area contributed by atoms with Gasteiger partial charge < -0.3 is 5.11 Å². The van der Waals surface area contributed by atoms with Gasteiger partial charge in [0.15, 0.2) is 0 Å². The Morgan fingerprint density at radius 1 is 1.11 bits per heavy atom. The third-order valence-corrected chi connectivity index (χ3v) is 4.07. The quantitative estimate of drug-likeness (QED) is 0.856. The summed E-state index contributed by atoms with van der Waals surface area (Å²) in [5.41, 5.74) is 0.880. The molecule has 2 aromatic rings. The Morgan fingerprint density at radius 3 is 2.47 bits per heavy atom. The molecule has 0 aromatic heterocycles. The first-order valence-electron chi connectivity index (χ1n) is 5.55. The van der Waals surface area contributed by atoms with Crippen LogP contribution in [0.2, 0.25) is 5.02 Å². The second-order valence-corrected chi connectivity index (χ2v) is 5.25. The van der Waals surface area contributed by atoms with E-state index < -0.39 is 17.7 Å². The molecule has 2 aromatic carbocycles. The largest absolute Gasteiger partial charge is 0.388 e. The average Bonchev–Trinajstić information content (AvgIpc) is 2.38. The van der Waals surface area contributed by atoms with E-state index in [0.29, 0.717) is 10.0 Å². The van der Waals surface area contributed by atoms with Crippen molar-refractivity contribution in [2.75, 3.05) is 0 Å². The molecule has 5 heteroatoms. The summed E-state index contributed by atoms with van der Waals surface area (Å²) in [5, 5.41) is 9.99. The molecular weight excluding hydrogens is 338 g/mol. The molecule has 0 amide bonds. The van der Waals surface area contributed by atoms with E-state index in [1.54, 1.807) is 18.2 Å². The highest BCUT2D eigenvalue weighted by Gasteiger charge is 2.17. The Balaban J connectivity index is 2.28. The van der Waals surface area contributed by atoms with E-state index in [0.717, 1.165) is 0 Å². The summed E-state index contributed by atoms with van der Waals surface area (Å²) in [6.07, 6.45) is -0.858. The number of aliphatic hydroxyl groups is 1. The topological polar surface area (TPSA) is 20.2 Å². The normalized spacial score (nSPS) is 12.5. The van der Waals surface area contributed by atoms with Gasteiger partial charge >= 0.3 is 0 Å². The second kappa shape index (κ2) is 5.99. The van der Waals surface area contributed by atoms with Crippen LogP contribution in [0, 0.1) is 11.6 Å². The zero-order chi connectivity index (χ0) is 14.0. The van der Waals surface area contributed by atoms with Crippen LogP contribution in [0.25, 0.3) is 0 Å². The van der Waals surface area contributed by atoms with Crippen molar-refractivity contribution in [2.24, 2.45) is 0 Å². The van der Waals surface area contributed by atoms with Gasteiger partial charge in [0.25, 0.3) is 0 Å². The molecule has 1 unspecified atom stereocenters. The van der Waals surface area contributed by atoms with Crippen molar-refractivity contribution in [1.29, 1.82) is 0 Å². The maximum Gasteiger partial charge on any atom is 0.142 e. The number of hydrogen-bond acceptors (Lipinski definition) is 1. The molecule has 0 fully saturated rings. The van der Waals surface area contributed by atoms with Gasteiger partial charge in [-0.3, -0.25) is 0 Å². The Morgan fingerprint density at radius 2 is 1.74 bits per heavy atom. The maximum absolute atomic E-state index is 13.4. The van der Waals surface area contributed by atoms with Gasteiger partial charge in [-0.1, -0.05) is 35.9 Å². The number of hydrogen-bond donors (Lipinski definition) is 1. The molecule has 0 saturated carbocycles. The van der Waals surface area contributed by atoms with Gasteiger partial charge in [-0.25, -0.2) is 8.78 Å². The highest BCUT2D eigenvalue weighted by atomic mass is 79.9. The highest BCUT2D eigenvalue weighted by Crippen LogP contribution is 2.30. The molecule has 0 spiro atoms. The molecule has 0 aliphatic carbocycles. The van der Waals surface area contributed by atoms with E-state index in [1.807, 2.05) is 0 Å². The predicted octanol–water partition coefficient (Wildman–Crippen LogP) is 4.66. The lowest BCUT2D eigenvalue weighted by molar-refractivity contribution is 0.178. The smallest absolute Gasteiger partial charge is 0.142 e. The van der Waals surface area contributed by atoms with Crippen LogP contribution >= 0.6 is 27.5 Å². The second-order valence-electron chi connectivity index (χ2n) is 4.08. The first-order valence-corrected chi connectivity index (χ1v) is 6.72. The van der Waals surface area contributed by atoms with Gasteiger partial charge in [0.2, 0.25) is 0 Å². The Labute approximate surface area is 123 Å². The number of aliphatic hydroxyl groups excluding tert-OH is 1. The molecule has 19 heavy (non-hydrogen) atoms. The summed E-state index contributed by atoms with van der Waals surface area (Å²) in [4.78, 5) is 0. The average molecular weight is 348 g/mol. The van der Waals surface area contributed by atoms with Gasteiger partial charge in [-0.2, -0.15) is 0 Å². The zero-order valence-corrected chi connectivity index (χ0v) is 12.0. The summed E-state index contributed by atoms with van der Waals surface area (Å²) in [6.45, 7) is 0. The molecule has 0 bridgehead atoms. The van der Waals surface area contributed by atoms with E-state index >= 15 is 0 Å². The van der Waals surface area contributed by atoms with Crippen molar-refractivity contribution in [1.82, 2.24) is 0 Å². The first-order chi connectivity index (χ1) is 9.00. The highest BCUT2D eigenvalue weighted by molar-refractivity contribution is 9.10. The number of benzene rings is 2. The van der Waals surface area contributed by atoms with Gasteiger partial charge in [-0.15, -0.1) is 0 Å². The molecule has 0 radical (unpaired) electrons. The van der Waals surface area contributed by atoms with Crippen LogP contribution in [0.15, 0.2) is 40.9 Å². The van der Waals surface area contributed by atoms with Crippen molar-refractivity contribution >= 4 is 27.5 Å². The summed E-state index contributed by atoms with van der Waals surface area (Å²) < 4.78 is 27.0. The lowest BCUT2D eigenvalue weighted by Gasteiger charge is -2.14. The Kier molecular flexibility index (Phi) is 4.55. The number of halogens is 4.